The Morgan fingerprint density at radius 2 is 1.31 bits per heavy atom. The summed E-state index contributed by atoms with van der Waals surface area (Å²) in [6.45, 7) is 3.05. The van der Waals surface area contributed by atoms with Gasteiger partial charge in [-0.3, -0.25) is 10.1 Å². The van der Waals surface area contributed by atoms with E-state index in [9.17, 15) is 4.79 Å². The zero-order valence-electron chi connectivity index (χ0n) is 16.8. The van der Waals surface area contributed by atoms with Crippen molar-refractivity contribution in [3.63, 3.8) is 0 Å². The molecule has 3 aromatic carbocycles. The van der Waals surface area contributed by atoms with E-state index in [0.717, 1.165) is 13.0 Å². The molecule has 0 spiro atoms. The second-order valence-corrected chi connectivity index (χ2v) is 7.58. The summed E-state index contributed by atoms with van der Waals surface area (Å²) in [6.07, 6.45) is 0.889. The molecule has 29 heavy (non-hydrogen) atoms. The Balaban J connectivity index is 1.72. The number of hydrogen-bond donors (Lipinski definition) is 1. The van der Waals surface area contributed by atoms with Crippen LogP contribution in [0.3, 0.4) is 0 Å². The molecule has 0 bridgehead atoms. The lowest BCUT2D eigenvalue weighted by Crippen LogP contribution is -2.45. The van der Waals surface area contributed by atoms with E-state index in [2.05, 4.69) is 78.1 Å². The van der Waals surface area contributed by atoms with Gasteiger partial charge in [0.2, 0.25) is 0 Å². The summed E-state index contributed by atoms with van der Waals surface area (Å²) in [7, 11) is 0. The van der Waals surface area contributed by atoms with E-state index in [4.69, 9.17) is 4.74 Å². The normalized spacial score (nSPS) is 18.2. The monoisotopic (exact) mass is 385 g/mol. The van der Waals surface area contributed by atoms with Crippen LogP contribution in [-0.4, -0.2) is 19.1 Å². The van der Waals surface area contributed by atoms with Gasteiger partial charge in [0.05, 0.1) is 18.1 Å². The standard InChI is InChI=1S/C26H27NO2/c1-2-29-25(28)24-18-20(24)19-27-26(21-12-6-3-7-13-21,22-14-8-4-9-15-22)23-16-10-5-11-17-23/h3-17,20,24,27H,2,18-19H2,1H3. The van der Waals surface area contributed by atoms with Crippen molar-refractivity contribution in [2.24, 2.45) is 11.8 Å². The van der Waals surface area contributed by atoms with Gasteiger partial charge in [-0.25, -0.2) is 0 Å². The van der Waals surface area contributed by atoms with Crippen molar-refractivity contribution in [2.45, 2.75) is 18.9 Å². The maximum Gasteiger partial charge on any atom is 0.309 e. The number of carbonyl (C=O) groups excluding carboxylic acids is 1. The highest BCUT2D eigenvalue weighted by Crippen LogP contribution is 2.42. The molecule has 1 N–H and O–H groups in total. The topological polar surface area (TPSA) is 38.3 Å². The van der Waals surface area contributed by atoms with Crippen molar-refractivity contribution in [2.75, 3.05) is 13.2 Å². The third-order valence-electron chi connectivity index (χ3n) is 5.76. The average molecular weight is 386 g/mol. The molecular weight excluding hydrogens is 358 g/mol. The number of nitrogens with one attached hydrogen (secondary N) is 1. The van der Waals surface area contributed by atoms with Gasteiger partial charge in [-0.1, -0.05) is 91.0 Å². The summed E-state index contributed by atoms with van der Waals surface area (Å²) in [4.78, 5) is 12.1. The molecule has 0 aromatic heterocycles. The summed E-state index contributed by atoms with van der Waals surface area (Å²) >= 11 is 0. The van der Waals surface area contributed by atoms with Gasteiger partial charge in [-0.2, -0.15) is 0 Å². The summed E-state index contributed by atoms with van der Waals surface area (Å²) in [6, 6.07) is 31.6. The molecule has 0 radical (unpaired) electrons. The number of hydrogen-bond acceptors (Lipinski definition) is 3. The van der Waals surface area contributed by atoms with E-state index in [0.29, 0.717) is 12.5 Å². The number of carbonyl (C=O) groups is 1. The molecule has 1 saturated carbocycles. The van der Waals surface area contributed by atoms with Crippen LogP contribution in [0.4, 0.5) is 0 Å². The van der Waals surface area contributed by atoms with Crippen molar-refractivity contribution in [3.8, 4) is 0 Å². The fraction of sp³-hybridized carbons (Fsp3) is 0.269. The Bertz CT molecular complexity index is 828. The second-order valence-electron chi connectivity index (χ2n) is 7.58. The van der Waals surface area contributed by atoms with E-state index >= 15 is 0 Å². The van der Waals surface area contributed by atoms with Gasteiger partial charge in [-0.05, 0) is 36.0 Å². The third-order valence-corrected chi connectivity index (χ3v) is 5.76. The zero-order valence-corrected chi connectivity index (χ0v) is 16.8. The largest absolute Gasteiger partial charge is 0.466 e. The highest BCUT2D eigenvalue weighted by molar-refractivity contribution is 5.75. The quantitative estimate of drug-likeness (QED) is 0.448. The van der Waals surface area contributed by atoms with E-state index < -0.39 is 5.54 Å². The predicted molar refractivity (Wildman–Crippen MR) is 115 cm³/mol. The molecule has 1 aliphatic rings. The average Bonchev–Trinajstić information content (AvgIpc) is 3.57. The van der Waals surface area contributed by atoms with Crippen LogP contribution in [-0.2, 0) is 15.1 Å². The number of esters is 1. The molecule has 3 aromatic rings. The first-order valence-electron chi connectivity index (χ1n) is 10.3. The second kappa shape index (κ2) is 8.62. The van der Waals surface area contributed by atoms with Crippen molar-refractivity contribution in [1.82, 2.24) is 5.32 Å². The van der Waals surface area contributed by atoms with Crippen molar-refractivity contribution >= 4 is 5.97 Å². The maximum atomic E-state index is 12.1. The highest BCUT2D eigenvalue weighted by Gasteiger charge is 2.46. The number of rotatable bonds is 8. The predicted octanol–water partition coefficient (Wildman–Crippen LogP) is 4.77. The summed E-state index contributed by atoms with van der Waals surface area (Å²) in [5, 5.41) is 3.86. The van der Waals surface area contributed by atoms with Gasteiger partial charge in [0, 0.05) is 6.54 Å². The molecule has 1 fully saturated rings. The first kappa shape index (κ1) is 19.4. The molecule has 0 saturated heterocycles. The zero-order chi connectivity index (χ0) is 20.1. The van der Waals surface area contributed by atoms with Crippen LogP contribution in [0.2, 0.25) is 0 Å². The Kier molecular flexibility index (Phi) is 5.77. The number of benzene rings is 3. The van der Waals surface area contributed by atoms with Gasteiger partial charge in [0.25, 0.3) is 0 Å². The summed E-state index contributed by atoms with van der Waals surface area (Å²) in [5.41, 5.74) is 3.08. The van der Waals surface area contributed by atoms with Crippen molar-refractivity contribution in [1.29, 1.82) is 0 Å². The fourth-order valence-electron chi connectivity index (χ4n) is 4.17. The lowest BCUT2D eigenvalue weighted by Gasteiger charge is -2.37. The molecule has 148 valence electrons. The van der Waals surface area contributed by atoms with Gasteiger partial charge in [0.1, 0.15) is 0 Å². The SMILES string of the molecule is CCOC(=O)C1CC1CNC(c1ccccc1)(c1ccccc1)c1ccccc1. The molecule has 0 heterocycles. The molecule has 3 heteroatoms. The Morgan fingerprint density at radius 1 is 0.862 bits per heavy atom. The van der Waals surface area contributed by atoms with Crippen LogP contribution in [0.1, 0.15) is 30.0 Å². The Labute approximate surface area is 172 Å². The lowest BCUT2D eigenvalue weighted by atomic mass is 9.77. The first-order valence-corrected chi connectivity index (χ1v) is 10.3. The van der Waals surface area contributed by atoms with Crippen LogP contribution < -0.4 is 5.32 Å². The fourth-order valence-corrected chi connectivity index (χ4v) is 4.17. The van der Waals surface area contributed by atoms with E-state index in [-0.39, 0.29) is 11.9 Å². The van der Waals surface area contributed by atoms with Gasteiger partial charge >= 0.3 is 5.97 Å². The molecular formula is C26H27NO2. The van der Waals surface area contributed by atoms with Gasteiger partial charge < -0.3 is 4.74 Å². The van der Waals surface area contributed by atoms with Crippen molar-refractivity contribution in [3.05, 3.63) is 108 Å². The van der Waals surface area contributed by atoms with Crippen molar-refractivity contribution < 1.29 is 9.53 Å². The van der Waals surface area contributed by atoms with Crippen LogP contribution in [0.15, 0.2) is 91.0 Å². The van der Waals surface area contributed by atoms with E-state index in [1.54, 1.807) is 0 Å². The minimum absolute atomic E-state index is 0.0162. The summed E-state index contributed by atoms with van der Waals surface area (Å²) in [5.74, 6) is 0.260. The first-order chi connectivity index (χ1) is 14.3. The summed E-state index contributed by atoms with van der Waals surface area (Å²) < 4.78 is 5.22. The third kappa shape index (κ3) is 3.96. The molecule has 2 atom stereocenters. The molecule has 0 aliphatic heterocycles. The van der Waals surface area contributed by atoms with Gasteiger partial charge in [-0.15, -0.1) is 0 Å². The van der Waals surface area contributed by atoms with Crippen LogP contribution in [0.25, 0.3) is 0 Å². The van der Waals surface area contributed by atoms with E-state index in [1.807, 2.05) is 25.1 Å². The molecule has 1 aliphatic carbocycles. The molecule has 0 amide bonds. The van der Waals surface area contributed by atoms with Crippen LogP contribution in [0.5, 0.6) is 0 Å². The lowest BCUT2D eigenvalue weighted by molar-refractivity contribution is -0.145. The van der Waals surface area contributed by atoms with Gasteiger partial charge in [0.15, 0.2) is 0 Å². The molecule has 3 nitrogen and oxygen atoms in total. The minimum atomic E-state index is -0.481. The highest BCUT2D eigenvalue weighted by atomic mass is 16.5. The molecule has 4 rings (SSSR count). The number of ether oxygens (including phenoxy) is 1. The van der Waals surface area contributed by atoms with E-state index in [1.165, 1.54) is 16.7 Å². The molecule has 2 unspecified atom stereocenters. The Hall–Kier alpha value is -2.91. The van der Waals surface area contributed by atoms with Crippen LogP contribution in [0, 0.1) is 11.8 Å². The maximum absolute atomic E-state index is 12.1. The minimum Gasteiger partial charge on any atom is -0.466 e. The Morgan fingerprint density at radius 3 is 1.72 bits per heavy atom. The van der Waals surface area contributed by atoms with Crippen LogP contribution >= 0.6 is 0 Å². The smallest absolute Gasteiger partial charge is 0.309 e.